The van der Waals surface area contributed by atoms with Gasteiger partial charge in [-0.15, -0.1) is 22.7 Å². The van der Waals surface area contributed by atoms with Crippen molar-refractivity contribution < 1.29 is 0 Å². The van der Waals surface area contributed by atoms with Crippen molar-refractivity contribution >= 4 is 22.7 Å². The third-order valence-corrected chi connectivity index (χ3v) is 4.06. The lowest BCUT2D eigenvalue weighted by Gasteiger charge is -2.09. The van der Waals surface area contributed by atoms with E-state index in [2.05, 4.69) is 22.2 Å². The Morgan fingerprint density at radius 1 is 1.50 bits per heavy atom. The summed E-state index contributed by atoms with van der Waals surface area (Å²) in [7, 11) is 0. The van der Waals surface area contributed by atoms with Crippen LogP contribution in [-0.4, -0.2) is 9.97 Å². The van der Waals surface area contributed by atoms with Crippen molar-refractivity contribution in [1.29, 1.82) is 0 Å². The standard InChI is InChI=1S/C10H14N4S2/c1-7(10-12-2-3-15-10)13-5-8-6-16-9(4-11)14-8/h2-3,6-7,13H,4-5,11H2,1H3. The van der Waals surface area contributed by atoms with Crippen LogP contribution in [0.25, 0.3) is 0 Å². The molecule has 1 atom stereocenters. The van der Waals surface area contributed by atoms with Crippen LogP contribution in [0.15, 0.2) is 17.0 Å². The number of aromatic nitrogens is 2. The van der Waals surface area contributed by atoms with E-state index >= 15 is 0 Å². The summed E-state index contributed by atoms with van der Waals surface area (Å²) in [6, 6.07) is 0.267. The smallest absolute Gasteiger partial charge is 0.109 e. The van der Waals surface area contributed by atoms with Gasteiger partial charge in [0.1, 0.15) is 10.0 Å². The molecular weight excluding hydrogens is 240 g/mol. The molecule has 0 aliphatic rings. The molecule has 2 heterocycles. The predicted octanol–water partition coefficient (Wildman–Crippen LogP) is 1.91. The lowest BCUT2D eigenvalue weighted by Crippen LogP contribution is -2.18. The molecule has 2 aromatic rings. The molecular formula is C10H14N4S2. The van der Waals surface area contributed by atoms with Crippen LogP contribution < -0.4 is 11.1 Å². The second-order valence-corrected chi connectivity index (χ2v) is 5.28. The zero-order valence-electron chi connectivity index (χ0n) is 9.01. The lowest BCUT2D eigenvalue weighted by atomic mass is 10.3. The zero-order chi connectivity index (χ0) is 11.4. The molecule has 0 fully saturated rings. The van der Waals surface area contributed by atoms with Crippen LogP contribution in [0.1, 0.15) is 28.7 Å². The van der Waals surface area contributed by atoms with Gasteiger partial charge in [0.05, 0.1) is 11.7 Å². The monoisotopic (exact) mass is 254 g/mol. The summed E-state index contributed by atoms with van der Waals surface area (Å²) < 4.78 is 0. The first-order valence-corrected chi connectivity index (χ1v) is 6.81. The summed E-state index contributed by atoms with van der Waals surface area (Å²) in [6.07, 6.45) is 1.83. The normalized spacial score (nSPS) is 12.9. The van der Waals surface area contributed by atoms with Gasteiger partial charge < -0.3 is 11.1 Å². The Kier molecular flexibility index (Phi) is 4.00. The van der Waals surface area contributed by atoms with Crippen molar-refractivity contribution in [1.82, 2.24) is 15.3 Å². The number of nitrogens with two attached hydrogens (primary N) is 1. The number of thiazole rings is 2. The van der Waals surface area contributed by atoms with Gasteiger partial charge in [0, 0.05) is 30.0 Å². The number of hydrogen-bond acceptors (Lipinski definition) is 6. The fraction of sp³-hybridized carbons (Fsp3) is 0.400. The Balaban J connectivity index is 1.87. The van der Waals surface area contributed by atoms with Gasteiger partial charge in [0.15, 0.2) is 0 Å². The van der Waals surface area contributed by atoms with E-state index in [-0.39, 0.29) is 6.04 Å². The highest BCUT2D eigenvalue weighted by Crippen LogP contribution is 2.16. The summed E-state index contributed by atoms with van der Waals surface area (Å²) in [5, 5.41) is 9.52. The van der Waals surface area contributed by atoms with Crippen molar-refractivity contribution in [2.45, 2.75) is 26.1 Å². The van der Waals surface area contributed by atoms with E-state index < -0.39 is 0 Å². The highest BCUT2D eigenvalue weighted by Gasteiger charge is 2.08. The first-order chi connectivity index (χ1) is 7.79. The van der Waals surface area contributed by atoms with E-state index in [9.17, 15) is 0 Å². The SMILES string of the molecule is CC(NCc1csc(CN)n1)c1nccs1. The number of rotatable bonds is 5. The molecule has 0 amide bonds. The topological polar surface area (TPSA) is 63.8 Å². The Hall–Kier alpha value is -0.820. The van der Waals surface area contributed by atoms with Crippen molar-refractivity contribution in [3.63, 3.8) is 0 Å². The highest BCUT2D eigenvalue weighted by molar-refractivity contribution is 7.09. The fourth-order valence-electron chi connectivity index (χ4n) is 1.32. The van der Waals surface area contributed by atoms with Gasteiger partial charge in [0.2, 0.25) is 0 Å². The molecule has 0 saturated carbocycles. The van der Waals surface area contributed by atoms with Crippen LogP contribution in [0.2, 0.25) is 0 Å². The van der Waals surface area contributed by atoms with Crippen LogP contribution in [-0.2, 0) is 13.1 Å². The predicted molar refractivity (Wildman–Crippen MR) is 67.4 cm³/mol. The minimum atomic E-state index is 0.267. The maximum atomic E-state index is 5.52. The fourth-order valence-corrected chi connectivity index (χ4v) is 2.66. The minimum absolute atomic E-state index is 0.267. The molecule has 0 aromatic carbocycles. The molecule has 0 bridgehead atoms. The van der Waals surface area contributed by atoms with Crippen LogP contribution in [0.5, 0.6) is 0 Å². The highest BCUT2D eigenvalue weighted by atomic mass is 32.1. The molecule has 0 aliphatic heterocycles. The molecule has 86 valence electrons. The van der Waals surface area contributed by atoms with Crippen LogP contribution in [0.4, 0.5) is 0 Å². The molecule has 16 heavy (non-hydrogen) atoms. The quantitative estimate of drug-likeness (QED) is 0.855. The molecule has 0 aliphatic carbocycles. The Morgan fingerprint density at radius 3 is 3.00 bits per heavy atom. The van der Waals surface area contributed by atoms with E-state index in [0.717, 1.165) is 22.3 Å². The molecule has 6 heteroatoms. The van der Waals surface area contributed by atoms with Gasteiger partial charge in [-0.05, 0) is 6.92 Å². The molecule has 2 aromatic heterocycles. The average molecular weight is 254 g/mol. The van der Waals surface area contributed by atoms with E-state index in [1.807, 2.05) is 17.0 Å². The average Bonchev–Trinajstić information content (AvgIpc) is 2.96. The van der Waals surface area contributed by atoms with Crippen LogP contribution in [0, 0.1) is 0 Å². The second kappa shape index (κ2) is 5.49. The van der Waals surface area contributed by atoms with Gasteiger partial charge in [-0.25, -0.2) is 9.97 Å². The first-order valence-electron chi connectivity index (χ1n) is 5.05. The molecule has 0 spiro atoms. The van der Waals surface area contributed by atoms with Crippen LogP contribution >= 0.6 is 22.7 Å². The van der Waals surface area contributed by atoms with E-state index in [4.69, 9.17) is 5.73 Å². The van der Waals surface area contributed by atoms with Gasteiger partial charge in [-0.3, -0.25) is 0 Å². The summed E-state index contributed by atoms with van der Waals surface area (Å²) in [5.41, 5.74) is 6.57. The van der Waals surface area contributed by atoms with E-state index in [1.165, 1.54) is 0 Å². The summed E-state index contributed by atoms with van der Waals surface area (Å²) in [6.45, 7) is 3.39. The second-order valence-electron chi connectivity index (χ2n) is 3.41. The zero-order valence-corrected chi connectivity index (χ0v) is 10.6. The molecule has 3 N–H and O–H groups in total. The number of nitrogens with zero attached hydrogens (tertiary/aromatic N) is 2. The van der Waals surface area contributed by atoms with E-state index in [1.54, 1.807) is 22.7 Å². The van der Waals surface area contributed by atoms with Crippen molar-refractivity contribution in [3.05, 3.63) is 32.7 Å². The number of hydrogen-bond donors (Lipinski definition) is 2. The Morgan fingerprint density at radius 2 is 2.38 bits per heavy atom. The maximum absolute atomic E-state index is 5.52. The summed E-state index contributed by atoms with van der Waals surface area (Å²) >= 11 is 3.27. The van der Waals surface area contributed by atoms with Gasteiger partial charge in [0.25, 0.3) is 0 Å². The molecule has 1 unspecified atom stereocenters. The van der Waals surface area contributed by atoms with Crippen molar-refractivity contribution in [2.75, 3.05) is 0 Å². The Bertz CT molecular complexity index is 424. The van der Waals surface area contributed by atoms with Crippen molar-refractivity contribution in [3.8, 4) is 0 Å². The molecule has 0 radical (unpaired) electrons. The number of nitrogens with one attached hydrogen (secondary N) is 1. The molecule has 4 nitrogen and oxygen atoms in total. The van der Waals surface area contributed by atoms with Gasteiger partial charge in [-0.1, -0.05) is 0 Å². The third kappa shape index (κ3) is 2.85. The summed E-state index contributed by atoms with van der Waals surface area (Å²) in [4.78, 5) is 8.66. The van der Waals surface area contributed by atoms with Crippen molar-refractivity contribution in [2.24, 2.45) is 5.73 Å². The Labute approximate surface area is 103 Å². The van der Waals surface area contributed by atoms with Gasteiger partial charge in [-0.2, -0.15) is 0 Å². The van der Waals surface area contributed by atoms with Gasteiger partial charge >= 0.3 is 0 Å². The lowest BCUT2D eigenvalue weighted by molar-refractivity contribution is 0.566. The largest absolute Gasteiger partial charge is 0.325 e. The van der Waals surface area contributed by atoms with Crippen LogP contribution in [0.3, 0.4) is 0 Å². The third-order valence-electron chi connectivity index (χ3n) is 2.19. The summed E-state index contributed by atoms with van der Waals surface area (Å²) in [5.74, 6) is 0. The maximum Gasteiger partial charge on any atom is 0.109 e. The minimum Gasteiger partial charge on any atom is -0.325 e. The molecule has 0 saturated heterocycles. The first kappa shape index (κ1) is 11.7. The molecule has 2 rings (SSSR count). The van der Waals surface area contributed by atoms with E-state index in [0.29, 0.717) is 6.54 Å².